The topological polar surface area (TPSA) is 117 Å². The second-order valence-electron chi connectivity index (χ2n) is 7.07. The fourth-order valence-corrected chi connectivity index (χ4v) is 3.63. The minimum absolute atomic E-state index is 0.0391. The number of nitrogen functional groups attached to an aromatic ring is 1. The summed E-state index contributed by atoms with van der Waals surface area (Å²) in [6.45, 7) is 3.71. The van der Waals surface area contributed by atoms with Gasteiger partial charge in [0.15, 0.2) is 11.6 Å². The summed E-state index contributed by atoms with van der Waals surface area (Å²) in [6, 6.07) is 0. The molecule has 10 heteroatoms. The molecule has 0 spiro atoms. The zero-order valence-corrected chi connectivity index (χ0v) is 16.8. The number of hydrogen-bond donors (Lipinski definition) is 2. The molecular formula is C18H27ClFN3O5. The molecule has 8 nitrogen and oxygen atoms in total. The Balaban J connectivity index is 2.13. The molecule has 0 aliphatic carbocycles. The number of aliphatic hydroxyl groups is 1. The first-order valence-electron chi connectivity index (χ1n) is 9.40. The predicted molar refractivity (Wildman–Crippen MR) is 101 cm³/mol. The second kappa shape index (κ2) is 9.67. The van der Waals surface area contributed by atoms with Gasteiger partial charge in [-0.2, -0.15) is 4.98 Å². The van der Waals surface area contributed by atoms with Crippen molar-refractivity contribution in [2.45, 2.75) is 63.9 Å². The fraction of sp³-hybridized carbons (Fsp3) is 0.722. The van der Waals surface area contributed by atoms with E-state index < -0.39 is 35.3 Å². The highest BCUT2D eigenvalue weighted by Gasteiger charge is 2.50. The quantitative estimate of drug-likeness (QED) is 0.464. The molecule has 3 atom stereocenters. The lowest BCUT2D eigenvalue weighted by Gasteiger charge is -2.30. The van der Waals surface area contributed by atoms with Crippen LogP contribution in [0.4, 0.5) is 10.2 Å². The van der Waals surface area contributed by atoms with E-state index in [4.69, 9.17) is 26.8 Å². The summed E-state index contributed by atoms with van der Waals surface area (Å²) in [6.07, 6.45) is 1.81. The fourth-order valence-electron chi connectivity index (χ4n) is 3.32. The van der Waals surface area contributed by atoms with Gasteiger partial charge in [0.25, 0.3) is 0 Å². The Hall–Kier alpha value is -1.71. The van der Waals surface area contributed by atoms with Gasteiger partial charge in [-0.05, 0) is 12.8 Å². The predicted octanol–water partition coefficient (Wildman–Crippen LogP) is 1.98. The van der Waals surface area contributed by atoms with Crippen molar-refractivity contribution in [2.24, 2.45) is 5.92 Å². The number of carbonyl (C=O) groups excluding carboxylic acids is 1. The summed E-state index contributed by atoms with van der Waals surface area (Å²) in [4.78, 5) is 27.8. The van der Waals surface area contributed by atoms with Crippen LogP contribution in [-0.4, -0.2) is 44.8 Å². The molecule has 0 amide bonds. The van der Waals surface area contributed by atoms with Crippen molar-refractivity contribution in [3.8, 4) is 0 Å². The van der Waals surface area contributed by atoms with Crippen LogP contribution in [0.3, 0.4) is 0 Å². The van der Waals surface area contributed by atoms with E-state index in [9.17, 15) is 19.1 Å². The van der Waals surface area contributed by atoms with E-state index in [1.54, 1.807) is 0 Å². The minimum atomic E-state index is -1.40. The third kappa shape index (κ3) is 4.82. The number of nitrogens with zero attached hydrogens (tertiary/aromatic N) is 2. The number of aliphatic hydroxyl groups excluding tert-OH is 1. The molecule has 2 rings (SSSR count). The van der Waals surface area contributed by atoms with E-state index in [0.29, 0.717) is 12.8 Å². The van der Waals surface area contributed by atoms with Gasteiger partial charge in [0.05, 0.1) is 24.1 Å². The summed E-state index contributed by atoms with van der Waals surface area (Å²) in [5.41, 5.74) is 3.07. The zero-order chi connectivity index (χ0) is 20.9. The SMILES string of the molecule is CCCC(CCC)C(=O)OC[C@@]1(CCl)O[C@@H](n2cc(F)c(N)nc2=O)C[C@@H]1O. The molecule has 1 aromatic rings. The summed E-state index contributed by atoms with van der Waals surface area (Å²) in [5.74, 6) is -2.17. The van der Waals surface area contributed by atoms with Crippen LogP contribution < -0.4 is 11.4 Å². The molecular weight excluding hydrogens is 393 g/mol. The smallest absolute Gasteiger partial charge is 0.351 e. The van der Waals surface area contributed by atoms with Crippen LogP contribution in [-0.2, 0) is 14.3 Å². The maximum absolute atomic E-state index is 13.7. The zero-order valence-electron chi connectivity index (χ0n) is 16.1. The Bertz CT molecular complexity index is 740. The van der Waals surface area contributed by atoms with Crippen molar-refractivity contribution < 1.29 is 23.8 Å². The third-order valence-electron chi connectivity index (χ3n) is 4.94. The maximum atomic E-state index is 13.7. The van der Waals surface area contributed by atoms with Crippen molar-refractivity contribution in [3.63, 3.8) is 0 Å². The Morgan fingerprint density at radius 1 is 1.54 bits per heavy atom. The Kier molecular flexibility index (Phi) is 7.79. The largest absolute Gasteiger partial charge is 0.462 e. The average molecular weight is 420 g/mol. The number of esters is 1. The molecule has 1 fully saturated rings. The molecule has 0 bridgehead atoms. The number of anilines is 1. The van der Waals surface area contributed by atoms with Gasteiger partial charge >= 0.3 is 11.7 Å². The van der Waals surface area contributed by atoms with Crippen molar-refractivity contribution in [1.29, 1.82) is 0 Å². The number of alkyl halides is 1. The summed E-state index contributed by atoms with van der Waals surface area (Å²) < 4.78 is 25.8. The number of hydrogen-bond acceptors (Lipinski definition) is 7. The van der Waals surface area contributed by atoms with Crippen LogP contribution in [0.2, 0.25) is 0 Å². The second-order valence-corrected chi connectivity index (χ2v) is 7.34. The van der Waals surface area contributed by atoms with Crippen molar-refractivity contribution in [3.05, 3.63) is 22.5 Å². The molecule has 0 radical (unpaired) electrons. The van der Waals surface area contributed by atoms with E-state index in [1.807, 2.05) is 13.8 Å². The van der Waals surface area contributed by atoms with Crippen LogP contribution in [0.5, 0.6) is 0 Å². The molecule has 3 N–H and O–H groups in total. The highest BCUT2D eigenvalue weighted by atomic mass is 35.5. The normalized spacial score (nSPS) is 24.6. The molecule has 2 heterocycles. The lowest BCUT2D eigenvalue weighted by atomic mass is 9.97. The average Bonchev–Trinajstić information content (AvgIpc) is 2.99. The van der Waals surface area contributed by atoms with Crippen molar-refractivity contribution in [2.75, 3.05) is 18.2 Å². The van der Waals surface area contributed by atoms with Crippen LogP contribution in [0.15, 0.2) is 11.0 Å². The Labute approximate surface area is 167 Å². The van der Waals surface area contributed by atoms with E-state index in [1.165, 1.54) is 0 Å². The first-order valence-corrected chi connectivity index (χ1v) is 9.94. The van der Waals surface area contributed by atoms with Gasteiger partial charge in [0, 0.05) is 6.42 Å². The van der Waals surface area contributed by atoms with E-state index in [2.05, 4.69) is 4.98 Å². The van der Waals surface area contributed by atoms with Gasteiger partial charge in [0.2, 0.25) is 0 Å². The van der Waals surface area contributed by atoms with Crippen LogP contribution in [0, 0.1) is 11.7 Å². The number of nitrogens with two attached hydrogens (primary N) is 1. The molecule has 1 aliphatic heterocycles. The Morgan fingerprint density at radius 2 is 2.18 bits per heavy atom. The standard InChI is InChI=1S/C18H27ClFN3O5/c1-3-5-11(6-4-2)16(25)27-10-18(9-19)13(24)7-14(28-18)23-8-12(20)15(21)22-17(23)26/h8,11,13-14,24H,3-7,9-10H2,1-2H3,(H2,21,22,26)/t13-,14+,18+/m0/s1. The lowest BCUT2D eigenvalue weighted by molar-refractivity contribution is -0.166. The number of aromatic nitrogens is 2. The highest BCUT2D eigenvalue weighted by molar-refractivity contribution is 6.18. The molecule has 28 heavy (non-hydrogen) atoms. The molecule has 0 unspecified atom stereocenters. The first-order chi connectivity index (χ1) is 13.3. The molecule has 158 valence electrons. The van der Waals surface area contributed by atoms with Gasteiger partial charge in [-0.1, -0.05) is 26.7 Å². The van der Waals surface area contributed by atoms with Crippen LogP contribution in [0.25, 0.3) is 0 Å². The summed E-state index contributed by atoms with van der Waals surface area (Å²) >= 11 is 6.02. The van der Waals surface area contributed by atoms with Crippen LogP contribution >= 0.6 is 11.6 Å². The Morgan fingerprint density at radius 3 is 2.75 bits per heavy atom. The van der Waals surface area contributed by atoms with E-state index in [0.717, 1.165) is 23.6 Å². The minimum Gasteiger partial charge on any atom is -0.462 e. The number of ether oxygens (including phenoxy) is 2. The van der Waals surface area contributed by atoms with Gasteiger partial charge < -0.3 is 20.3 Å². The van der Waals surface area contributed by atoms with Crippen LogP contribution in [0.1, 0.15) is 52.2 Å². The summed E-state index contributed by atoms with van der Waals surface area (Å²) in [5, 5.41) is 10.5. The lowest BCUT2D eigenvalue weighted by Crippen LogP contribution is -2.47. The molecule has 1 aliphatic rings. The number of halogens is 2. The highest BCUT2D eigenvalue weighted by Crippen LogP contribution is 2.38. The van der Waals surface area contributed by atoms with Crippen molar-refractivity contribution in [1.82, 2.24) is 9.55 Å². The van der Waals surface area contributed by atoms with Gasteiger partial charge in [-0.3, -0.25) is 9.36 Å². The molecule has 1 aromatic heterocycles. The number of rotatable bonds is 9. The van der Waals surface area contributed by atoms with Gasteiger partial charge in [-0.25, -0.2) is 9.18 Å². The van der Waals surface area contributed by atoms with E-state index >= 15 is 0 Å². The van der Waals surface area contributed by atoms with E-state index in [-0.39, 0.29) is 30.8 Å². The first kappa shape index (κ1) is 22.6. The molecule has 0 saturated carbocycles. The molecule has 1 saturated heterocycles. The maximum Gasteiger partial charge on any atom is 0.351 e. The van der Waals surface area contributed by atoms with Crippen molar-refractivity contribution >= 4 is 23.4 Å². The molecule has 0 aromatic carbocycles. The third-order valence-corrected chi connectivity index (χ3v) is 5.39. The van der Waals surface area contributed by atoms with Gasteiger partial charge in [0.1, 0.15) is 18.4 Å². The summed E-state index contributed by atoms with van der Waals surface area (Å²) in [7, 11) is 0. The van der Waals surface area contributed by atoms with Gasteiger partial charge in [-0.15, -0.1) is 11.6 Å². The number of carbonyl (C=O) groups is 1. The monoisotopic (exact) mass is 419 g/mol.